The van der Waals surface area contributed by atoms with E-state index in [-0.39, 0.29) is 25.0 Å². The molecule has 0 spiro atoms. The molecule has 1 aliphatic heterocycles. The minimum Gasteiger partial charge on any atom is -0.395 e. The molecule has 1 saturated heterocycles. The van der Waals surface area contributed by atoms with Crippen LogP contribution in [0.4, 0.5) is 0 Å². The highest BCUT2D eigenvalue weighted by Gasteiger charge is 2.28. The number of nitrogens with zero attached hydrogens (tertiary/aromatic N) is 1. The maximum Gasteiger partial charge on any atom is 0.223 e. The molecule has 0 radical (unpaired) electrons. The Hall–Kier alpha value is -0.660. The van der Waals surface area contributed by atoms with E-state index in [1.807, 2.05) is 0 Å². The van der Waals surface area contributed by atoms with Gasteiger partial charge in [-0.25, -0.2) is 12.7 Å². The molecule has 94 valence electrons. The number of carbonyl (C=O) groups is 1. The van der Waals surface area contributed by atoms with E-state index in [1.165, 1.54) is 10.6 Å². The number of rotatable bonds is 4. The van der Waals surface area contributed by atoms with Gasteiger partial charge in [0.05, 0.1) is 12.9 Å². The van der Waals surface area contributed by atoms with E-state index in [4.69, 9.17) is 5.11 Å². The van der Waals surface area contributed by atoms with E-state index in [9.17, 15) is 13.2 Å². The zero-order valence-corrected chi connectivity index (χ0v) is 10.2. The van der Waals surface area contributed by atoms with Gasteiger partial charge in [-0.05, 0) is 12.8 Å². The number of aliphatic hydroxyl groups is 1. The van der Waals surface area contributed by atoms with Gasteiger partial charge < -0.3 is 10.4 Å². The largest absolute Gasteiger partial charge is 0.395 e. The molecule has 1 fully saturated rings. The highest BCUT2D eigenvalue weighted by Crippen LogP contribution is 2.18. The normalized spacial score (nSPS) is 19.6. The molecule has 0 saturated carbocycles. The minimum absolute atomic E-state index is 0.0755. The molecule has 0 aliphatic carbocycles. The summed E-state index contributed by atoms with van der Waals surface area (Å²) in [5.74, 6) is -0.230. The molecule has 0 aromatic rings. The fraction of sp³-hybridized carbons (Fsp3) is 0.889. The molecule has 0 aromatic carbocycles. The highest BCUT2D eigenvalue weighted by molar-refractivity contribution is 7.88. The summed E-state index contributed by atoms with van der Waals surface area (Å²) in [6.45, 7) is 0.977. The van der Waals surface area contributed by atoms with Crippen molar-refractivity contribution >= 4 is 15.9 Å². The first-order chi connectivity index (χ1) is 7.45. The molecule has 0 unspecified atom stereocenters. The van der Waals surface area contributed by atoms with Crippen molar-refractivity contribution in [1.29, 1.82) is 0 Å². The monoisotopic (exact) mass is 250 g/mol. The smallest absolute Gasteiger partial charge is 0.223 e. The van der Waals surface area contributed by atoms with E-state index < -0.39 is 10.0 Å². The van der Waals surface area contributed by atoms with E-state index >= 15 is 0 Å². The lowest BCUT2D eigenvalue weighted by molar-refractivity contribution is -0.126. The highest BCUT2D eigenvalue weighted by atomic mass is 32.2. The van der Waals surface area contributed by atoms with Gasteiger partial charge in [0.15, 0.2) is 0 Å². The molecule has 1 heterocycles. The molecule has 0 atom stereocenters. The second-order valence-corrected chi connectivity index (χ2v) is 5.93. The fourth-order valence-corrected chi connectivity index (χ4v) is 2.65. The average Bonchev–Trinajstić information content (AvgIpc) is 2.25. The number of sulfonamides is 1. The maximum atomic E-state index is 11.5. The summed E-state index contributed by atoms with van der Waals surface area (Å²) >= 11 is 0. The van der Waals surface area contributed by atoms with Crippen molar-refractivity contribution in [3.05, 3.63) is 0 Å². The van der Waals surface area contributed by atoms with Crippen molar-refractivity contribution in [3.8, 4) is 0 Å². The van der Waals surface area contributed by atoms with Crippen LogP contribution in [0.3, 0.4) is 0 Å². The summed E-state index contributed by atoms with van der Waals surface area (Å²) in [5, 5.41) is 11.2. The van der Waals surface area contributed by atoms with Gasteiger partial charge in [0.1, 0.15) is 0 Å². The van der Waals surface area contributed by atoms with Crippen molar-refractivity contribution in [1.82, 2.24) is 9.62 Å². The molecular formula is C9H18N2O4S. The lowest BCUT2D eigenvalue weighted by atomic mass is 9.97. The zero-order valence-electron chi connectivity index (χ0n) is 9.35. The molecule has 6 nitrogen and oxygen atoms in total. The molecule has 1 rings (SSSR count). The number of piperidine rings is 1. The summed E-state index contributed by atoms with van der Waals surface area (Å²) in [6.07, 6.45) is 2.27. The van der Waals surface area contributed by atoms with Crippen LogP contribution in [0.1, 0.15) is 12.8 Å². The molecule has 7 heteroatoms. The SMILES string of the molecule is CS(=O)(=O)N1CCC(C(=O)NCCO)CC1. The summed E-state index contributed by atoms with van der Waals surface area (Å²) in [6, 6.07) is 0. The second-order valence-electron chi connectivity index (χ2n) is 3.95. The van der Waals surface area contributed by atoms with Crippen LogP contribution in [0, 0.1) is 5.92 Å². The average molecular weight is 250 g/mol. The van der Waals surface area contributed by atoms with Gasteiger partial charge in [0.2, 0.25) is 15.9 Å². The molecule has 16 heavy (non-hydrogen) atoms. The predicted octanol–water partition coefficient (Wildman–Crippen LogP) is -1.23. The number of amides is 1. The van der Waals surface area contributed by atoms with Gasteiger partial charge in [0, 0.05) is 25.6 Å². The molecular weight excluding hydrogens is 232 g/mol. The van der Waals surface area contributed by atoms with Crippen molar-refractivity contribution < 1.29 is 18.3 Å². The van der Waals surface area contributed by atoms with Gasteiger partial charge in [0.25, 0.3) is 0 Å². The van der Waals surface area contributed by atoms with Crippen molar-refractivity contribution in [2.45, 2.75) is 12.8 Å². The second kappa shape index (κ2) is 5.60. The van der Waals surface area contributed by atoms with Gasteiger partial charge in [-0.15, -0.1) is 0 Å². The van der Waals surface area contributed by atoms with Crippen molar-refractivity contribution in [2.75, 3.05) is 32.5 Å². The Kier molecular flexibility index (Phi) is 4.69. The first-order valence-electron chi connectivity index (χ1n) is 5.29. The van der Waals surface area contributed by atoms with Gasteiger partial charge in [-0.3, -0.25) is 4.79 Å². The Balaban J connectivity index is 2.40. The number of carbonyl (C=O) groups excluding carboxylic acids is 1. The molecule has 1 amide bonds. The van der Waals surface area contributed by atoms with E-state index in [2.05, 4.69) is 5.32 Å². The number of aliphatic hydroxyl groups excluding tert-OH is 1. The Morgan fingerprint density at radius 3 is 2.44 bits per heavy atom. The Morgan fingerprint density at radius 2 is 2.00 bits per heavy atom. The number of nitrogens with one attached hydrogen (secondary N) is 1. The van der Waals surface area contributed by atoms with Crippen LogP contribution >= 0.6 is 0 Å². The Bertz CT molecular complexity index is 333. The minimum atomic E-state index is -3.13. The number of hydrogen-bond acceptors (Lipinski definition) is 4. The van der Waals surface area contributed by atoms with Crippen LogP contribution in [0.25, 0.3) is 0 Å². The van der Waals surface area contributed by atoms with Gasteiger partial charge in [-0.2, -0.15) is 0 Å². The van der Waals surface area contributed by atoms with E-state index in [0.717, 1.165) is 0 Å². The predicted molar refractivity (Wildman–Crippen MR) is 59.2 cm³/mol. The quantitative estimate of drug-likeness (QED) is 0.654. The van der Waals surface area contributed by atoms with Crippen molar-refractivity contribution in [2.24, 2.45) is 5.92 Å². The van der Waals surface area contributed by atoms with Gasteiger partial charge >= 0.3 is 0 Å². The third kappa shape index (κ3) is 3.73. The summed E-state index contributed by atoms with van der Waals surface area (Å²) in [7, 11) is -3.13. The lowest BCUT2D eigenvalue weighted by Crippen LogP contribution is -2.43. The first kappa shape index (κ1) is 13.4. The van der Waals surface area contributed by atoms with E-state index in [1.54, 1.807) is 0 Å². The van der Waals surface area contributed by atoms with Crippen LogP contribution in [0.5, 0.6) is 0 Å². The third-order valence-corrected chi connectivity index (χ3v) is 4.01. The Morgan fingerprint density at radius 1 is 1.44 bits per heavy atom. The molecule has 0 bridgehead atoms. The zero-order chi connectivity index (χ0) is 12.2. The number of hydrogen-bond donors (Lipinski definition) is 2. The molecule has 0 aromatic heterocycles. The van der Waals surface area contributed by atoms with Crippen LogP contribution in [0.2, 0.25) is 0 Å². The maximum absolute atomic E-state index is 11.5. The van der Waals surface area contributed by atoms with Crippen LogP contribution in [-0.2, 0) is 14.8 Å². The topological polar surface area (TPSA) is 86.7 Å². The fourth-order valence-electron chi connectivity index (χ4n) is 1.77. The first-order valence-corrected chi connectivity index (χ1v) is 7.13. The molecule has 2 N–H and O–H groups in total. The van der Waals surface area contributed by atoms with Crippen molar-refractivity contribution in [3.63, 3.8) is 0 Å². The van der Waals surface area contributed by atoms with Crippen LogP contribution in [0.15, 0.2) is 0 Å². The standard InChI is InChI=1S/C9H18N2O4S/c1-16(14,15)11-5-2-8(3-6-11)9(13)10-4-7-12/h8,12H,2-7H2,1H3,(H,10,13). The molecule has 1 aliphatic rings. The van der Waals surface area contributed by atoms with Crippen LogP contribution in [-0.4, -0.2) is 56.2 Å². The van der Waals surface area contributed by atoms with Crippen LogP contribution < -0.4 is 5.32 Å². The Labute approximate surface area is 95.7 Å². The lowest BCUT2D eigenvalue weighted by Gasteiger charge is -2.29. The summed E-state index contributed by atoms with van der Waals surface area (Å²) in [5.41, 5.74) is 0. The summed E-state index contributed by atoms with van der Waals surface area (Å²) < 4.78 is 23.8. The third-order valence-electron chi connectivity index (χ3n) is 2.70. The van der Waals surface area contributed by atoms with E-state index in [0.29, 0.717) is 25.9 Å². The summed E-state index contributed by atoms with van der Waals surface area (Å²) in [4.78, 5) is 11.5. The van der Waals surface area contributed by atoms with Gasteiger partial charge in [-0.1, -0.05) is 0 Å².